The first-order chi connectivity index (χ1) is 9.82. The van der Waals surface area contributed by atoms with Gasteiger partial charge in [0.1, 0.15) is 0 Å². The molecule has 1 rings (SSSR count). The molecular weight excluding hydrogens is 272 g/mol. The first-order valence-corrected chi connectivity index (χ1v) is 7.19. The molecular formula is C14H24N4O3. The average Bonchev–Trinajstić information content (AvgIpc) is 2.85. The number of aromatic nitrogens is 2. The minimum absolute atomic E-state index is 0.0153. The van der Waals surface area contributed by atoms with Crippen LogP contribution in [0.4, 0.5) is 0 Å². The van der Waals surface area contributed by atoms with Gasteiger partial charge in [0.05, 0.1) is 6.54 Å². The molecule has 1 heterocycles. The average molecular weight is 296 g/mol. The summed E-state index contributed by atoms with van der Waals surface area (Å²) in [5, 5.41) is 9.10. The van der Waals surface area contributed by atoms with Crippen molar-refractivity contribution in [1.82, 2.24) is 20.8 Å². The molecule has 0 spiro atoms. The van der Waals surface area contributed by atoms with Crippen LogP contribution >= 0.6 is 0 Å². The second-order valence-electron chi connectivity index (χ2n) is 5.85. The highest BCUT2D eigenvalue weighted by Gasteiger charge is 2.20. The molecule has 0 saturated carbocycles. The largest absolute Gasteiger partial charge is 0.355 e. The van der Waals surface area contributed by atoms with E-state index in [1.165, 1.54) is 0 Å². The normalized spacial score (nSPS) is 11.2. The zero-order valence-corrected chi connectivity index (χ0v) is 13.2. The Morgan fingerprint density at radius 3 is 2.48 bits per heavy atom. The van der Waals surface area contributed by atoms with Crippen molar-refractivity contribution in [3.8, 4) is 0 Å². The van der Waals surface area contributed by atoms with Crippen LogP contribution in [0.15, 0.2) is 4.52 Å². The molecule has 1 aromatic rings. The number of carbonyl (C=O) groups is 2. The summed E-state index contributed by atoms with van der Waals surface area (Å²) >= 11 is 0. The molecule has 0 aliphatic carbocycles. The molecule has 7 nitrogen and oxygen atoms in total. The highest BCUT2D eigenvalue weighted by molar-refractivity contribution is 5.84. The topological polar surface area (TPSA) is 97.1 Å². The monoisotopic (exact) mass is 296 g/mol. The maximum Gasteiger partial charge on any atom is 0.239 e. The Morgan fingerprint density at radius 1 is 1.19 bits per heavy atom. The Hall–Kier alpha value is -1.92. The third-order valence-electron chi connectivity index (χ3n) is 2.75. The Balaban J connectivity index is 2.26. The van der Waals surface area contributed by atoms with Crippen LogP contribution in [-0.2, 0) is 21.4 Å². The highest BCUT2D eigenvalue weighted by atomic mass is 16.5. The molecule has 0 radical (unpaired) electrons. The lowest BCUT2D eigenvalue weighted by molar-refractivity contribution is -0.126. The van der Waals surface area contributed by atoms with Crippen molar-refractivity contribution in [1.29, 1.82) is 0 Å². The summed E-state index contributed by atoms with van der Waals surface area (Å²) in [6.07, 6.45) is 1.48. The van der Waals surface area contributed by atoms with E-state index in [9.17, 15) is 9.59 Å². The maximum atomic E-state index is 11.5. The van der Waals surface area contributed by atoms with Gasteiger partial charge < -0.3 is 15.2 Å². The first-order valence-electron chi connectivity index (χ1n) is 7.19. The van der Waals surface area contributed by atoms with Gasteiger partial charge in [-0.1, -0.05) is 25.9 Å². The van der Waals surface area contributed by atoms with Crippen molar-refractivity contribution in [2.75, 3.05) is 13.1 Å². The standard InChI is InChI=1S/C14H24N4O3/c1-5-15-11(20)9-16-10(19)7-6-8-12-17-13(18-21-12)14(2,3)4/h5-9H2,1-4H3,(H,15,20)(H,16,19). The van der Waals surface area contributed by atoms with Crippen LogP contribution < -0.4 is 10.6 Å². The SMILES string of the molecule is CCNC(=O)CNC(=O)CCCc1nc(C(C)(C)C)no1. The van der Waals surface area contributed by atoms with E-state index in [0.29, 0.717) is 37.5 Å². The fraction of sp³-hybridized carbons (Fsp3) is 0.714. The Labute approximate surface area is 124 Å². The summed E-state index contributed by atoms with van der Waals surface area (Å²) in [4.78, 5) is 27.0. The first kappa shape index (κ1) is 17.1. The minimum atomic E-state index is -0.183. The van der Waals surface area contributed by atoms with Crippen LogP contribution in [-0.4, -0.2) is 35.0 Å². The van der Waals surface area contributed by atoms with Crippen LogP contribution in [0.3, 0.4) is 0 Å². The number of hydrogen-bond donors (Lipinski definition) is 2. The molecule has 0 atom stereocenters. The van der Waals surface area contributed by atoms with Gasteiger partial charge in [-0.2, -0.15) is 4.98 Å². The van der Waals surface area contributed by atoms with Gasteiger partial charge in [-0.25, -0.2) is 0 Å². The maximum absolute atomic E-state index is 11.5. The second-order valence-corrected chi connectivity index (χ2v) is 5.85. The fourth-order valence-electron chi connectivity index (χ4n) is 1.59. The van der Waals surface area contributed by atoms with Crippen molar-refractivity contribution in [3.63, 3.8) is 0 Å². The van der Waals surface area contributed by atoms with E-state index in [2.05, 4.69) is 20.8 Å². The van der Waals surface area contributed by atoms with Gasteiger partial charge in [-0.3, -0.25) is 9.59 Å². The lowest BCUT2D eigenvalue weighted by Gasteiger charge is -2.10. The molecule has 2 amide bonds. The third-order valence-corrected chi connectivity index (χ3v) is 2.75. The number of nitrogens with one attached hydrogen (secondary N) is 2. The molecule has 1 aromatic heterocycles. The van der Waals surface area contributed by atoms with Crippen molar-refractivity contribution in [3.05, 3.63) is 11.7 Å². The van der Waals surface area contributed by atoms with E-state index in [1.54, 1.807) is 0 Å². The number of carbonyl (C=O) groups excluding carboxylic acids is 2. The van der Waals surface area contributed by atoms with Gasteiger partial charge in [-0.15, -0.1) is 0 Å². The van der Waals surface area contributed by atoms with Crippen LogP contribution in [0.2, 0.25) is 0 Å². The highest BCUT2D eigenvalue weighted by Crippen LogP contribution is 2.18. The van der Waals surface area contributed by atoms with Crippen LogP contribution in [0.25, 0.3) is 0 Å². The third kappa shape index (κ3) is 6.37. The van der Waals surface area contributed by atoms with Gasteiger partial charge in [-0.05, 0) is 13.3 Å². The van der Waals surface area contributed by atoms with E-state index in [0.717, 1.165) is 0 Å². The Morgan fingerprint density at radius 2 is 1.90 bits per heavy atom. The minimum Gasteiger partial charge on any atom is -0.355 e. The molecule has 0 unspecified atom stereocenters. The quantitative estimate of drug-likeness (QED) is 0.780. The Bertz CT molecular complexity index is 477. The lowest BCUT2D eigenvalue weighted by Crippen LogP contribution is -2.36. The van der Waals surface area contributed by atoms with E-state index < -0.39 is 0 Å². The van der Waals surface area contributed by atoms with Gasteiger partial charge in [0.2, 0.25) is 17.7 Å². The molecule has 21 heavy (non-hydrogen) atoms. The summed E-state index contributed by atoms with van der Waals surface area (Å²) in [7, 11) is 0. The number of aryl methyl sites for hydroxylation is 1. The lowest BCUT2D eigenvalue weighted by atomic mass is 9.96. The smallest absolute Gasteiger partial charge is 0.239 e. The van der Waals surface area contributed by atoms with Crippen LogP contribution in [0, 0.1) is 0 Å². The number of amides is 2. The fourth-order valence-corrected chi connectivity index (χ4v) is 1.59. The van der Waals surface area contributed by atoms with Crippen molar-refractivity contribution < 1.29 is 14.1 Å². The number of rotatable bonds is 7. The van der Waals surface area contributed by atoms with Crippen LogP contribution in [0.5, 0.6) is 0 Å². The van der Waals surface area contributed by atoms with Crippen LogP contribution in [0.1, 0.15) is 52.3 Å². The van der Waals surface area contributed by atoms with Gasteiger partial charge in [0, 0.05) is 24.8 Å². The molecule has 7 heteroatoms. The summed E-state index contributed by atoms with van der Waals surface area (Å²) in [6.45, 7) is 8.43. The number of likely N-dealkylation sites (N-methyl/N-ethyl adjacent to an activating group) is 1. The van der Waals surface area contributed by atoms with E-state index in [4.69, 9.17) is 4.52 Å². The zero-order valence-electron chi connectivity index (χ0n) is 13.2. The molecule has 0 bridgehead atoms. The van der Waals surface area contributed by atoms with Crippen molar-refractivity contribution in [2.24, 2.45) is 0 Å². The molecule has 0 aromatic carbocycles. The predicted molar refractivity (Wildman–Crippen MR) is 77.6 cm³/mol. The van der Waals surface area contributed by atoms with Gasteiger partial charge in [0.15, 0.2) is 5.82 Å². The summed E-state index contributed by atoms with van der Waals surface area (Å²) in [5.74, 6) is 0.865. The summed E-state index contributed by atoms with van der Waals surface area (Å²) in [5.41, 5.74) is -0.147. The predicted octanol–water partition coefficient (Wildman–Crippen LogP) is 0.942. The summed E-state index contributed by atoms with van der Waals surface area (Å²) < 4.78 is 5.15. The molecule has 0 aliphatic heterocycles. The number of nitrogens with zero attached hydrogens (tertiary/aromatic N) is 2. The Kier molecular flexibility index (Phi) is 6.33. The van der Waals surface area contributed by atoms with Crippen molar-refractivity contribution in [2.45, 2.75) is 52.4 Å². The molecule has 0 saturated heterocycles. The van der Waals surface area contributed by atoms with Crippen molar-refractivity contribution >= 4 is 11.8 Å². The molecule has 0 fully saturated rings. The van der Waals surface area contributed by atoms with Gasteiger partial charge >= 0.3 is 0 Å². The molecule has 2 N–H and O–H groups in total. The summed E-state index contributed by atoms with van der Waals surface area (Å²) in [6, 6.07) is 0. The van der Waals surface area contributed by atoms with Gasteiger partial charge in [0.25, 0.3) is 0 Å². The molecule has 0 aliphatic rings. The zero-order chi connectivity index (χ0) is 15.9. The molecule has 118 valence electrons. The van der Waals surface area contributed by atoms with E-state index in [-0.39, 0.29) is 23.8 Å². The number of hydrogen-bond acceptors (Lipinski definition) is 5. The van der Waals surface area contributed by atoms with E-state index in [1.807, 2.05) is 27.7 Å². The van der Waals surface area contributed by atoms with E-state index >= 15 is 0 Å². The second kappa shape index (κ2) is 7.75.